The van der Waals surface area contributed by atoms with Gasteiger partial charge in [-0.25, -0.2) is 4.98 Å². The number of fused-ring (bicyclic) bond motifs is 2. The van der Waals surface area contributed by atoms with Crippen molar-refractivity contribution in [3.05, 3.63) is 76.1 Å². The van der Waals surface area contributed by atoms with Crippen molar-refractivity contribution in [3.63, 3.8) is 0 Å². The zero-order chi connectivity index (χ0) is 19.0. The van der Waals surface area contributed by atoms with Crippen LogP contribution in [0.25, 0.3) is 0 Å². The molecule has 1 aromatic carbocycles. The van der Waals surface area contributed by atoms with E-state index < -0.39 is 0 Å². The highest BCUT2D eigenvalue weighted by Crippen LogP contribution is 2.42. The number of rotatable bonds is 3. The molecule has 5 nitrogen and oxygen atoms in total. The number of carbonyl (C=O) groups excluding carboxylic acids is 1. The van der Waals surface area contributed by atoms with Crippen LogP contribution >= 0.6 is 11.3 Å². The van der Waals surface area contributed by atoms with Gasteiger partial charge in [0, 0.05) is 43.2 Å². The van der Waals surface area contributed by atoms with Crippen LogP contribution in [-0.2, 0) is 18.5 Å². The Morgan fingerprint density at radius 2 is 2.04 bits per heavy atom. The van der Waals surface area contributed by atoms with Crippen LogP contribution in [0.5, 0.6) is 0 Å². The molecule has 3 aromatic rings. The van der Waals surface area contributed by atoms with Gasteiger partial charge in [-0.1, -0.05) is 24.3 Å². The molecular formula is C22H23N3O2S. The van der Waals surface area contributed by atoms with Gasteiger partial charge >= 0.3 is 0 Å². The fourth-order valence-electron chi connectivity index (χ4n) is 4.74. The predicted molar refractivity (Wildman–Crippen MR) is 108 cm³/mol. The van der Waals surface area contributed by atoms with Crippen LogP contribution in [-0.4, -0.2) is 40.3 Å². The highest BCUT2D eigenvalue weighted by molar-refractivity contribution is 7.09. The van der Waals surface area contributed by atoms with Crippen LogP contribution in [0.1, 0.15) is 39.5 Å². The largest absolute Gasteiger partial charge is 0.459 e. The Bertz CT molecular complexity index is 944. The Hall–Kier alpha value is -2.44. The second-order valence-electron chi connectivity index (χ2n) is 7.78. The van der Waals surface area contributed by atoms with Gasteiger partial charge in [-0.3, -0.25) is 9.69 Å². The van der Waals surface area contributed by atoms with Crippen LogP contribution in [0.4, 0.5) is 0 Å². The Kier molecular flexibility index (Phi) is 4.53. The van der Waals surface area contributed by atoms with E-state index in [4.69, 9.17) is 4.42 Å². The van der Waals surface area contributed by atoms with E-state index in [1.54, 1.807) is 29.7 Å². The lowest BCUT2D eigenvalue weighted by molar-refractivity contribution is 0.0558. The predicted octanol–water partition coefficient (Wildman–Crippen LogP) is 3.93. The number of amides is 1. The second kappa shape index (κ2) is 7.18. The molecule has 6 heteroatoms. The molecule has 144 valence electrons. The molecule has 0 radical (unpaired) electrons. The van der Waals surface area contributed by atoms with Crippen molar-refractivity contribution in [2.45, 2.75) is 31.3 Å². The summed E-state index contributed by atoms with van der Waals surface area (Å²) < 4.78 is 5.31. The molecule has 5 rings (SSSR count). The molecule has 0 bridgehead atoms. The van der Waals surface area contributed by atoms with E-state index in [-0.39, 0.29) is 11.3 Å². The fraction of sp³-hybridized carbons (Fsp3) is 0.364. The first kappa shape index (κ1) is 17.6. The number of hydrogen-bond donors (Lipinski definition) is 0. The number of piperidine rings is 1. The minimum atomic E-state index is 0.00332. The first-order valence-electron chi connectivity index (χ1n) is 9.75. The van der Waals surface area contributed by atoms with Gasteiger partial charge in [-0.2, -0.15) is 0 Å². The first-order chi connectivity index (χ1) is 13.7. The summed E-state index contributed by atoms with van der Waals surface area (Å²) in [6.45, 7) is 4.40. The third kappa shape index (κ3) is 3.16. The maximum absolute atomic E-state index is 12.7. The topological polar surface area (TPSA) is 49.6 Å². The molecule has 2 aliphatic rings. The molecule has 1 fully saturated rings. The average Bonchev–Trinajstić information content (AvgIpc) is 3.42. The number of thiazole rings is 1. The third-order valence-corrected chi connectivity index (χ3v) is 6.86. The molecule has 0 saturated carbocycles. The highest BCUT2D eigenvalue weighted by atomic mass is 32.1. The van der Waals surface area contributed by atoms with Crippen LogP contribution in [0.2, 0.25) is 0 Å². The summed E-state index contributed by atoms with van der Waals surface area (Å²) >= 11 is 1.72. The minimum absolute atomic E-state index is 0.00332. The summed E-state index contributed by atoms with van der Waals surface area (Å²) in [5.41, 5.74) is 2.98. The maximum atomic E-state index is 12.7. The minimum Gasteiger partial charge on any atom is -0.459 e. The number of benzene rings is 1. The molecule has 0 N–H and O–H groups in total. The Labute approximate surface area is 168 Å². The van der Waals surface area contributed by atoms with Gasteiger partial charge in [0.25, 0.3) is 5.91 Å². The van der Waals surface area contributed by atoms with Gasteiger partial charge in [-0.05, 0) is 36.1 Å². The van der Waals surface area contributed by atoms with Crippen molar-refractivity contribution < 1.29 is 9.21 Å². The van der Waals surface area contributed by atoms with E-state index in [1.165, 1.54) is 16.1 Å². The van der Waals surface area contributed by atoms with Gasteiger partial charge in [0.2, 0.25) is 0 Å². The standard InChI is InChI=1S/C22H23N3O2S/c26-21(19-6-3-12-27-19)25-10-7-22(8-11-25)16-24(15-20-23-9-13-28-20)14-17-4-1-2-5-18(17)22/h1-6,9,12-13H,7-8,10-11,14-16H2. The number of likely N-dealkylation sites (tertiary alicyclic amines) is 1. The van der Waals surface area contributed by atoms with Crippen LogP contribution in [0, 0.1) is 0 Å². The van der Waals surface area contributed by atoms with Crippen molar-refractivity contribution >= 4 is 17.2 Å². The lowest BCUT2D eigenvalue weighted by atomic mass is 9.69. The number of hydrogen-bond acceptors (Lipinski definition) is 5. The number of carbonyl (C=O) groups is 1. The highest BCUT2D eigenvalue weighted by Gasteiger charge is 2.42. The number of furan rings is 1. The number of aromatic nitrogens is 1. The lowest BCUT2D eigenvalue weighted by Gasteiger charge is -2.48. The molecule has 0 unspecified atom stereocenters. The molecule has 1 spiro atoms. The quantitative estimate of drug-likeness (QED) is 0.677. The summed E-state index contributed by atoms with van der Waals surface area (Å²) in [4.78, 5) is 21.6. The van der Waals surface area contributed by atoms with Crippen molar-refractivity contribution in [1.82, 2.24) is 14.8 Å². The normalized spacial score (nSPS) is 18.9. The van der Waals surface area contributed by atoms with E-state index in [9.17, 15) is 4.79 Å². The van der Waals surface area contributed by atoms with Crippen molar-refractivity contribution in [2.75, 3.05) is 19.6 Å². The molecule has 0 aliphatic carbocycles. The Balaban J connectivity index is 1.38. The summed E-state index contributed by atoms with van der Waals surface area (Å²) in [5.74, 6) is 0.439. The summed E-state index contributed by atoms with van der Waals surface area (Å²) in [7, 11) is 0. The van der Waals surface area contributed by atoms with Gasteiger partial charge < -0.3 is 9.32 Å². The SMILES string of the molecule is O=C(c1ccco1)N1CCC2(CC1)CN(Cc1nccs1)Cc1ccccc12. The molecular weight excluding hydrogens is 370 g/mol. The molecule has 2 aromatic heterocycles. The summed E-state index contributed by atoms with van der Waals surface area (Å²) in [5, 5.41) is 3.21. The molecule has 2 aliphatic heterocycles. The Morgan fingerprint density at radius 3 is 2.79 bits per heavy atom. The van der Waals surface area contributed by atoms with E-state index in [0.717, 1.165) is 45.6 Å². The number of nitrogens with zero attached hydrogens (tertiary/aromatic N) is 3. The van der Waals surface area contributed by atoms with Gasteiger partial charge in [0.15, 0.2) is 5.76 Å². The fourth-order valence-corrected chi connectivity index (χ4v) is 5.40. The third-order valence-electron chi connectivity index (χ3n) is 6.09. The molecule has 1 amide bonds. The van der Waals surface area contributed by atoms with E-state index in [2.05, 4.69) is 34.1 Å². The van der Waals surface area contributed by atoms with Crippen LogP contribution < -0.4 is 0 Å². The molecule has 28 heavy (non-hydrogen) atoms. The van der Waals surface area contributed by atoms with Gasteiger partial charge in [-0.15, -0.1) is 11.3 Å². The van der Waals surface area contributed by atoms with E-state index in [0.29, 0.717) is 5.76 Å². The smallest absolute Gasteiger partial charge is 0.289 e. The maximum Gasteiger partial charge on any atom is 0.289 e. The molecule has 0 atom stereocenters. The lowest BCUT2D eigenvalue weighted by Crippen LogP contribution is -2.52. The van der Waals surface area contributed by atoms with Crippen LogP contribution in [0.15, 0.2) is 58.7 Å². The summed E-state index contributed by atoms with van der Waals surface area (Å²) in [6, 6.07) is 12.4. The van der Waals surface area contributed by atoms with Gasteiger partial charge in [0.05, 0.1) is 12.8 Å². The van der Waals surface area contributed by atoms with E-state index >= 15 is 0 Å². The average molecular weight is 394 g/mol. The van der Waals surface area contributed by atoms with E-state index in [1.807, 2.05) is 16.5 Å². The van der Waals surface area contributed by atoms with Crippen LogP contribution in [0.3, 0.4) is 0 Å². The van der Waals surface area contributed by atoms with Crippen molar-refractivity contribution in [3.8, 4) is 0 Å². The second-order valence-corrected chi connectivity index (χ2v) is 8.76. The Morgan fingerprint density at radius 1 is 1.18 bits per heavy atom. The van der Waals surface area contributed by atoms with Crippen molar-refractivity contribution in [2.24, 2.45) is 0 Å². The van der Waals surface area contributed by atoms with Gasteiger partial charge in [0.1, 0.15) is 5.01 Å². The van der Waals surface area contributed by atoms with Crippen molar-refractivity contribution in [1.29, 1.82) is 0 Å². The molecule has 4 heterocycles. The zero-order valence-electron chi connectivity index (χ0n) is 15.7. The monoisotopic (exact) mass is 393 g/mol. The zero-order valence-corrected chi connectivity index (χ0v) is 16.5. The summed E-state index contributed by atoms with van der Waals surface area (Å²) in [6.07, 6.45) is 5.40. The first-order valence-corrected chi connectivity index (χ1v) is 10.6. The molecule has 1 saturated heterocycles.